The first-order valence-corrected chi connectivity index (χ1v) is 12.0. The summed E-state index contributed by atoms with van der Waals surface area (Å²) in [5.41, 5.74) is 3.02. The van der Waals surface area contributed by atoms with Gasteiger partial charge in [-0.3, -0.25) is 4.79 Å². The summed E-state index contributed by atoms with van der Waals surface area (Å²) in [6.07, 6.45) is 8.73. The molecule has 0 unspecified atom stereocenters. The molecule has 0 bridgehead atoms. The van der Waals surface area contributed by atoms with Crippen LogP contribution in [0.1, 0.15) is 61.4 Å². The Kier molecular flexibility index (Phi) is 6.03. The summed E-state index contributed by atoms with van der Waals surface area (Å²) in [6, 6.07) is 6.22. The third-order valence-corrected chi connectivity index (χ3v) is 6.62. The van der Waals surface area contributed by atoms with Crippen molar-refractivity contribution in [2.24, 2.45) is 0 Å². The molecule has 5 rings (SSSR count). The van der Waals surface area contributed by atoms with Gasteiger partial charge in [-0.2, -0.15) is 0 Å². The Morgan fingerprint density at radius 1 is 1.09 bits per heavy atom. The molecule has 1 amide bonds. The van der Waals surface area contributed by atoms with Crippen LogP contribution in [-0.4, -0.2) is 73.4 Å². The highest BCUT2D eigenvalue weighted by molar-refractivity contribution is 5.92. The summed E-state index contributed by atoms with van der Waals surface area (Å²) in [5, 5.41) is 3.22. The largest absolute Gasteiger partial charge is 0.336 e. The lowest BCUT2D eigenvalue weighted by molar-refractivity contribution is 0.0777. The molecule has 1 saturated heterocycles. The lowest BCUT2D eigenvalue weighted by Crippen LogP contribution is -2.34. The van der Waals surface area contributed by atoms with Gasteiger partial charge in [-0.1, -0.05) is 0 Å². The Balaban J connectivity index is 1.30. The molecule has 178 valence electrons. The Bertz CT molecular complexity index is 1170. The van der Waals surface area contributed by atoms with Gasteiger partial charge in [0.25, 0.3) is 5.91 Å². The van der Waals surface area contributed by atoms with Crippen molar-refractivity contribution in [2.75, 3.05) is 32.5 Å². The maximum atomic E-state index is 12.8. The van der Waals surface area contributed by atoms with Crippen LogP contribution in [0.4, 0.5) is 11.6 Å². The van der Waals surface area contributed by atoms with Crippen molar-refractivity contribution in [3.05, 3.63) is 48.3 Å². The highest BCUT2D eigenvalue weighted by Crippen LogP contribution is 2.41. The Hall–Kier alpha value is -3.33. The van der Waals surface area contributed by atoms with Crippen LogP contribution in [0.3, 0.4) is 0 Å². The molecule has 9 heteroatoms. The molecule has 0 radical (unpaired) electrons. The number of hydrogen-bond donors (Lipinski definition) is 1. The second kappa shape index (κ2) is 9.13. The van der Waals surface area contributed by atoms with Crippen molar-refractivity contribution in [1.82, 2.24) is 34.3 Å². The molecular formula is C25H32N8O. The van der Waals surface area contributed by atoms with Gasteiger partial charge in [0.05, 0.1) is 29.5 Å². The average molecular weight is 461 g/mol. The lowest BCUT2D eigenvalue weighted by Gasteiger charge is -2.20. The van der Waals surface area contributed by atoms with Crippen molar-refractivity contribution < 1.29 is 4.79 Å². The molecule has 3 aromatic heterocycles. The van der Waals surface area contributed by atoms with Crippen LogP contribution in [-0.2, 0) is 0 Å². The zero-order chi connectivity index (χ0) is 23.8. The van der Waals surface area contributed by atoms with E-state index in [9.17, 15) is 4.79 Å². The summed E-state index contributed by atoms with van der Waals surface area (Å²) in [4.78, 5) is 35.1. The number of carbonyl (C=O) groups is 1. The molecule has 1 aliphatic heterocycles. The minimum absolute atomic E-state index is 0.0254. The van der Waals surface area contributed by atoms with Crippen LogP contribution in [0.2, 0.25) is 0 Å². The number of pyridine rings is 1. The number of amides is 1. The van der Waals surface area contributed by atoms with Gasteiger partial charge < -0.3 is 19.7 Å². The lowest BCUT2D eigenvalue weighted by atomic mass is 10.2. The molecule has 1 N–H and O–H groups in total. The molecule has 2 aliphatic rings. The van der Waals surface area contributed by atoms with E-state index in [2.05, 4.69) is 52.7 Å². The second-order valence-electron chi connectivity index (χ2n) is 9.72. The van der Waals surface area contributed by atoms with Crippen LogP contribution in [0.5, 0.6) is 0 Å². The Morgan fingerprint density at radius 3 is 2.56 bits per heavy atom. The zero-order valence-electron chi connectivity index (χ0n) is 20.3. The average Bonchev–Trinajstić information content (AvgIpc) is 3.37. The fourth-order valence-corrected chi connectivity index (χ4v) is 4.55. The van der Waals surface area contributed by atoms with Crippen molar-refractivity contribution in [3.8, 4) is 11.4 Å². The summed E-state index contributed by atoms with van der Waals surface area (Å²) >= 11 is 0. The smallest absolute Gasteiger partial charge is 0.272 e. The first-order valence-electron chi connectivity index (χ1n) is 12.0. The monoisotopic (exact) mass is 460 g/mol. The van der Waals surface area contributed by atoms with Crippen LogP contribution in [0.15, 0.2) is 36.8 Å². The first-order chi connectivity index (χ1) is 16.4. The van der Waals surface area contributed by atoms with E-state index in [4.69, 9.17) is 9.97 Å². The van der Waals surface area contributed by atoms with E-state index >= 15 is 0 Å². The topological polar surface area (TPSA) is 92.1 Å². The number of carbonyl (C=O) groups excluding carboxylic acids is 1. The fourth-order valence-electron chi connectivity index (χ4n) is 4.55. The van der Waals surface area contributed by atoms with E-state index in [1.807, 2.05) is 23.2 Å². The molecule has 0 aromatic carbocycles. The third kappa shape index (κ3) is 4.52. The van der Waals surface area contributed by atoms with Crippen molar-refractivity contribution in [1.29, 1.82) is 0 Å². The highest BCUT2D eigenvalue weighted by atomic mass is 16.2. The molecule has 0 spiro atoms. The molecule has 1 saturated carbocycles. The first kappa shape index (κ1) is 22.5. The SMILES string of the molecule is CC(C)n1c(-c2ccnc(Nc3ccc(C(=O)N4CC[C@H](N(C)C)C4)nc3)n2)cnc1C1CC1. The van der Waals surface area contributed by atoms with Crippen molar-refractivity contribution in [3.63, 3.8) is 0 Å². The van der Waals surface area contributed by atoms with Gasteiger partial charge in [0.15, 0.2) is 0 Å². The van der Waals surface area contributed by atoms with Crippen LogP contribution < -0.4 is 5.32 Å². The summed E-state index contributed by atoms with van der Waals surface area (Å²) in [7, 11) is 4.11. The number of imidazole rings is 1. The van der Waals surface area contributed by atoms with E-state index < -0.39 is 0 Å². The zero-order valence-corrected chi connectivity index (χ0v) is 20.3. The fraction of sp³-hybridized carbons (Fsp3) is 0.480. The van der Waals surface area contributed by atoms with E-state index in [0.717, 1.165) is 42.4 Å². The second-order valence-corrected chi connectivity index (χ2v) is 9.72. The van der Waals surface area contributed by atoms with E-state index in [1.165, 1.54) is 12.8 Å². The highest BCUT2D eigenvalue weighted by Gasteiger charge is 2.31. The molecule has 2 fully saturated rings. The molecular weight excluding hydrogens is 428 g/mol. The Labute approximate surface area is 200 Å². The molecule has 1 aliphatic carbocycles. The van der Waals surface area contributed by atoms with Crippen molar-refractivity contribution in [2.45, 2.75) is 51.1 Å². The number of rotatable bonds is 7. The van der Waals surface area contributed by atoms with Gasteiger partial charge in [-0.15, -0.1) is 0 Å². The standard InChI is InChI=1S/C25H32N8O/c1-16(2)33-22(14-28-23(33)17-5-6-17)20-9-11-26-25(30-20)29-18-7-8-21(27-13-18)24(34)32-12-10-19(15-32)31(3)4/h7-9,11,13-14,16-17,19H,5-6,10,12,15H2,1-4H3,(H,26,29,30)/t19-/m0/s1. The van der Waals surface area contributed by atoms with Gasteiger partial charge in [-0.25, -0.2) is 19.9 Å². The van der Waals surface area contributed by atoms with Gasteiger partial charge in [0.2, 0.25) is 5.95 Å². The predicted molar refractivity (Wildman–Crippen MR) is 131 cm³/mol. The molecule has 4 heterocycles. The molecule has 34 heavy (non-hydrogen) atoms. The number of nitrogens with one attached hydrogen (secondary N) is 1. The molecule has 3 aromatic rings. The van der Waals surface area contributed by atoms with E-state index in [1.54, 1.807) is 18.5 Å². The van der Waals surface area contributed by atoms with Gasteiger partial charge in [0.1, 0.15) is 11.5 Å². The maximum Gasteiger partial charge on any atom is 0.272 e. The summed E-state index contributed by atoms with van der Waals surface area (Å²) in [6.45, 7) is 5.85. The normalized spacial score (nSPS) is 18.2. The van der Waals surface area contributed by atoms with Crippen molar-refractivity contribution >= 4 is 17.5 Å². The number of anilines is 2. The summed E-state index contributed by atoms with van der Waals surface area (Å²) in [5.74, 6) is 2.17. The van der Waals surface area contributed by atoms with Crippen LogP contribution >= 0.6 is 0 Å². The van der Waals surface area contributed by atoms with E-state index in [-0.39, 0.29) is 5.91 Å². The van der Waals surface area contributed by atoms with Gasteiger partial charge in [0, 0.05) is 37.3 Å². The Morgan fingerprint density at radius 2 is 1.91 bits per heavy atom. The minimum atomic E-state index is -0.0254. The number of nitrogens with zero attached hydrogens (tertiary/aromatic N) is 7. The predicted octanol–water partition coefficient (Wildman–Crippen LogP) is 3.71. The number of likely N-dealkylation sites (N-methyl/N-ethyl adjacent to an activating group) is 1. The number of aromatic nitrogens is 5. The number of hydrogen-bond acceptors (Lipinski definition) is 7. The van der Waals surface area contributed by atoms with Crippen LogP contribution in [0.25, 0.3) is 11.4 Å². The summed E-state index contributed by atoms with van der Waals surface area (Å²) < 4.78 is 2.28. The third-order valence-electron chi connectivity index (χ3n) is 6.62. The maximum absolute atomic E-state index is 12.8. The van der Waals surface area contributed by atoms with Crippen LogP contribution in [0, 0.1) is 0 Å². The van der Waals surface area contributed by atoms with Gasteiger partial charge in [-0.05, 0) is 65.4 Å². The molecule has 9 nitrogen and oxygen atoms in total. The van der Waals surface area contributed by atoms with Gasteiger partial charge >= 0.3 is 0 Å². The minimum Gasteiger partial charge on any atom is -0.336 e. The quantitative estimate of drug-likeness (QED) is 0.575. The molecule has 1 atom stereocenters. The number of likely N-dealkylation sites (tertiary alicyclic amines) is 1. The van der Waals surface area contributed by atoms with E-state index in [0.29, 0.717) is 29.6 Å².